The Morgan fingerprint density at radius 2 is 1.56 bits per heavy atom. The lowest BCUT2D eigenvalue weighted by Crippen LogP contribution is -2.42. The number of nitrogens with one attached hydrogen (secondary N) is 2. The Morgan fingerprint density at radius 1 is 0.852 bits per heavy atom. The molecule has 0 unspecified atom stereocenters. The van der Waals surface area contributed by atoms with Gasteiger partial charge in [0.25, 0.3) is 5.91 Å². The quantitative estimate of drug-likeness (QED) is 0.491. The van der Waals surface area contributed by atoms with Crippen LogP contribution in [-0.4, -0.2) is 18.4 Å². The van der Waals surface area contributed by atoms with Crippen molar-refractivity contribution in [1.29, 1.82) is 0 Å². The Kier molecular flexibility index (Phi) is 8.90. The first-order valence-corrected chi connectivity index (χ1v) is 9.55. The molecule has 0 bridgehead atoms. The third kappa shape index (κ3) is 7.94. The van der Waals surface area contributed by atoms with Gasteiger partial charge in [0, 0.05) is 5.56 Å². The van der Waals surface area contributed by atoms with Crippen LogP contribution in [0.3, 0.4) is 0 Å². The fourth-order valence-corrected chi connectivity index (χ4v) is 2.62. The average Bonchev–Trinajstić information content (AvgIpc) is 2.70. The second-order valence-corrected chi connectivity index (χ2v) is 6.45. The number of hydrazine groups is 1. The van der Waals surface area contributed by atoms with Crippen molar-refractivity contribution in [2.45, 2.75) is 45.4 Å². The maximum atomic E-state index is 12.1. The second-order valence-electron chi connectivity index (χ2n) is 6.45. The molecular weight excluding hydrogens is 340 g/mol. The Labute approximate surface area is 161 Å². The SMILES string of the molecule is CCCCCCCOc1ccc(C(=O)NNC(=O)Cc2ccccc2)cc1. The number of benzene rings is 2. The lowest BCUT2D eigenvalue weighted by Gasteiger charge is -2.09. The molecule has 0 aliphatic heterocycles. The molecule has 0 aromatic heterocycles. The zero-order valence-electron chi connectivity index (χ0n) is 15.9. The molecule has 2 rings (SSSR count). The maximum Gasteiger partial charge on any atom is 0.269 e. The predicted molar refractivity (Wildman–Crippen MR) is 106 cm³/mol. The van der Waals surface area contributed by atoms with Gasteiger partial charge in [-0.3, -0.25) is 20.4 Å². The van der Waals surface area contributed by atoms with Crippen molar-refractivity contribution in [2.75, 3.05) is 6.61 Å². The van der Waals surface area contributed by atoms with E-state index in [2.05, 4.69) is 17.8 Å². The van der Waals surface area contributed by atoms with Gasteiger partial charge in [-0.15, -0.1) is 0 Å². The highest BCUT2D eigenvalue weighted by Crippen LogP contribution is 2.13. The Balaban J connectivity index is 1.69. The van der Waals surface area contributed by atoms with Crippen LogP contribution in [0.2, 0.25) is 0 Å². The highest BCUT2D eigenvalue weighted by atomic mass is 16.5. The van der Waals surface area contributed by atoms with Crippen molar-refractivity contribution in [3.63, 3.8) is 0 Å². The highest BCUT2D eigenvalue weighted by Gasteiger charge is 2.08. The zero-order chi connectivity index (χ0) is 19.3. The van der Waals surface area contributed by atoms with E-state index in [1.807, 2.05) is 30.3 Å². The van der Waals surface area contributed by atoms with Gasteiger partial charge in [0.1, 0.15) is 5.75 Å². The van der Waals surface area contributed by atoms with Crippen LogP contribution in [0.15, 0.2) is 54.6 Å². The lowest BCUT2D eigenvalue weighted by molar-refractivity contribution is -0.121. The summed E-state index contributed by atoms with van der Waals surface area (Å²) in [6.07, 6.45) is 6.18. The molecule has 0 saturated carbocycles. The van der Waals surface area contributed by atoms with E-state index in [0.717, 1.165) is 17.7 Å². The molecule has 144 valence electrons. The van der Waals surface area contributed by atoms with E-state index in [0.29, 0.717) is 12.2 Å². The van der Waals surface area contributed by atoms with E-state index >= 15 is 0 Å². The summed E-state index contributed by atoms with van der Waals surface area (Å²) in [5.74, 6) is 0.121. The third-order valence-electron chi connectivity index (χ3n) is 4.16. The van der Waals surface area contributed by atoms with Gasteiger partial charge in [0.15, 0.2) is 0 Å². The fraction of sp³-hybridized carbons (Fsp3) is 0.364. The van der Waals surface area contributed by atoms with E-state index in [4.69, 9.17) is 4.74 Å². The van der Waals surface area contributed by atoms with E-state index in [-0.39, 0.29) is 18.2 Å². The normalized spacial score (nSPS) is 10.3. The predicted octanol–water partition coefficient (Wildman–Crippen LogP) is 4.04. The molecule has 2 aromatic carbocycles. The van der Waals surface area contributed by atoms with Crippen molar-refractivity contribution in [3.8, 4) is 5.75 Å². The van der Waals surface area contributed by atoms with Gasteiger partial charge in [0.05, 0.1) is 13.0 Å². The van der Waals surface area contributed by atoms with Gasteiger partial charge in [-0.25, -0.2) is 0 Å². The van der Waals surface area contributed by atoms with Crippen LogP contribution in [0, 0.1) is 0 Å². The number of amides is 2. The van der Waals surface area contributed by atoms with Gasteiger partial charge in [0.2, 0.25) is 5.91 Å². The van der Waals surface area contributed by atoms with Crippen LogP contribution < -0.4 is 15.6 Å². The molecule has 2 aromatic rings. The third-order valence-corrected chi connectivity index (χ3v) is 4.16. The molecule has 2 amide bonds. The molecule has 2 N–H and O–H groups in total. The minimum absolute atomic E-state index is 0.214. The first-order valence-electron chi connectivity index (χ1n) is 9.55. The van der Waals surface area contributed by atoms with E-state index in [1.165, 1.54) is 25.7 Å². The summed E-state index contributed by atoms with van der Waals surface area (Å²) < 4.78 is 5.68. The topological polar surface area (TPSA) is 67.4 Å². The molecule has 27 heavy (non-hydrogen) atoms. The van der Waals surface area contributed by atoms with Crippen molar-refractivity contribution in [3.05, 3.63) is 65.7 Å². The van der Waals surface area contributed by atoms with Crippen LogP contribution in [0.5, 0.6) is 5.75 Å². The van der Waals surface area contributed by atoms with E-state index < -0.39 is 0 Å². The lowest BCUT2D eigenvalue weighted by atomic mass is 10.1. The van der Waals surface area contributed by atoms with Crippen molar-refractivity contribution in [2.24, 2.45) is 0 Å². The summed E-state index contributed by atoms with van der Waals surface area (Å²) in [6.45, 7) is 2.88. The molecule has 0 spiro atoms. The summed E-state index contributed by atoms with van der Waals surface area (Å²) in [4.78, 5) is 24.0. The van der Waals surface area contributed by atoms with Gasteiger partial charge in [-0.1, -0.05) is 62.9 Å². The first kappa shape index (κ1) is 20.5. The maximum absolute atomic E-state index is 12.1. The summed E-state index contributed by atoms with van der Waals surface area (Å²) in [5, 5.41) is 0. The highest BCUT2D eigenvalue weighted by molar-refractivity contribution is 5.95. The summed E-state index contributed by atoms with van der Waals surface area (Å²) in [6, 6.07) is 16.3. The minimum Gasteiger partial charge on any atom is -0.494 e. The van der Waals surface area contributed by atoms with Crippen molar-refractivity contribution < 1.29 is 14.3 Å². The van der Waals surface area contributed by atoms with Gasteiger partial charge in [-0.05, 0) is 36.2 Å². The molecule has 5 heteroatoms. The molecule has 0 fully saturated rings. The average molecular weight is 368 g/mol. The number of hydrogen-bond donors (Lipinski definition) is 2. The zero-order valence-corrected chi connectivity index (χ0v) is 15.9. The Morgan fingerprint density at radius 3 is 2.26 bits per heavy atom. The van der Waals surface area contributed by atoms with Crippen LogP contribution in [0.1, 0.15) is 54.9 Å². The molecule has 0 heterocycles. The van der Waals surface area contributed by atoms with Crippen molar-refractivity contribution in [1.82, 2.24) is 10.9 Å². The monoisotopic (exact) mass is 368 g/mol. The molecule has 5 nitrogen and oxygen atoms in total. The van der Waals surface area contributed by atoms with Crippen LogP contribution in [0.4, 0.5) is 0 Å². The number of hydrogen-bond acceptors (Lipinski definition) is 3. The molecule has 0 atom stereocenters. The van der Waals surface area contributed by atoms with Crippen LogP contribution in [0.25, 0.3) is 0 Å². The van der Waals surface area contributed by atoms with Gasteiger partial charge >= 0.3 is 0 Å². The van der Waals surface area contributed by atoms with Crippen LogP contribution in [-0.2, 0) is 11.2 Å². The first-order chi connectivity index (χ1) is 13.2. The molecular formula is C22H28N2O3. The largest absolute Gasteiger partial charge is 0.494 e. The number of unbranched alkanes of at least 4 members (excludes halogenated alkanes) is 4. The summed E-state index contributed by atoms with van der Waals surface area (Å²) in [5.41, 5.74) is 6.22. The number of carbonyl (C=O) groups is 2. The number of ether oxygens (including phenoxy) is 1. The van der Waals surface area contributed by atoms with Gasteiger partial charge in [-0.2, -0.15) is 0 Å². The minimum atomic E-state index is -0.359. The number of carbonyl (C=O) groups excluding carboxylic acids is 2. The van der Waals surface area contributed by atoms with E-state index in [9.17, 15) is 9.59 Å². The molecule has 0 aliphatic carbocycles. The summed E-state index contributed by atoms with van der Waals surface area (Å²) >= 11 is 0. The second kappa shape index (κ2) is 11.7. The standard InChI is InChI=1S/C22H28N2O3/c1-2-3-4-5-9-16-27-20-14-12-19(13-15-20)22(26)24-23-21(25)17-18-10-7-6-8-11-18/h6-8,10-15H,2-5,9,16-17H2,1H3,(H,23,25)(H,24,26). The van der Waals surface area contributed by atoms with E-state index in [1.54, 1.807) is 24.3 Å². The Bertz CT molecular complexity index is 699. The molecule has 0 radical (unpaired) electrons. The summed E-state index contributed by atoms with van der Waals surface area (Å²) in [7, 11) is 0. The molecule has 0 saturated heterocycles. The smallest absolute Gasteiger partial charge is 0.269 e. The fourth-order valence-electron chi connectivity index (χ4n) is 2.62. The van der Waals surface area contributed by atoms with Crippen molar-refractivity contribution >= 4 is 11.8 Å². The van der Waals surface area contributed by atoms with Crippen LogP contribution >= 0.6 is 0 Å². The number of rotatable bonds is 10. The van der Waals surface area contributed by atoms with Gasteiger partial charge < -0.3 is 4.74 Å². The Hall–Kier alpha value is -2.82. The molecule has 0 aliphatic rings.